The fraction of sp³-hybridized carbons (Fsp3) is 0.154. The van der Waals surface area contributed by atoms with Gasteiger partial charge in [-0.3, -0.25) is 0 Å². The lowest BCUT2D eigenvalue weighted by atomic mass is 10.1. The van der Waals surface area contributed by atoms with Crippen molar-refractivity contribution in [2.45, 2.75) is 6.42 Å². The Labute approximate surface area is 90.8 Å². The van der Waals surface area contributed by atoms with E-state index in [0.717, 1.165) is 24.2 Å². The van der Waals surface area contributed by atoms with Crippen LogP contribution in [0.4, 0.5) is 5.69 Å². The van der Waals surface area contributed by atoms with Gasteiger partial charge in [-0.2, -0.15) is 0 Å². The molecule has 0 aromatic heterocycles. The van der Waals surface area contributed by atoms with Gasteiger partial charge in [-0.1, -0.05) is 30.9 Å². The second-order valence-corrected chi connectivity index (χ2v) is 3.17. The minimum atomic E-state index is 0.441. The average molecular weight is 200 g/mol. The van der Waals surface area contributed by atoms with E-state index < -0.39 is 0 Å². The van der Waals surface area contributed by atoms with Crippen LogP contribution >= 0.6 is 0 Å². The normalized spacial score (nSPS) is 9.33. The number of rotatable bonds is 6. The Kier molecular flexibility index (Phi) is 4.35. The van der Waals surface area contributed by atoms with Crippen LogP contribution in [0.5, 0.6) is 0 Å². The molecule has 0 amide bonds. The van der Waals surface area contributed by atoms with Crippen LogP contribution in [0, 0.1) is 5.41 Å². The third kappa shape index (κ3) is 3.09. The Balaban J connectivity index is 2.81. The van der Waals surface area contributed by atoms with Crippen LogP contribution in [-0.2, 0) is 0 Å². The van der Waals surface area contributed by atoms with Gasteiger partial charge >= 0.3 is 0 Å². The highest BCUT2D eigenvalue weighted by molar-refractivity contribution is 6.09. The monoisotopic (exact) mass is 200 g/mol. The molecule has 0 bridgehead atoms. The van der Waals surface area contributed by atoms with Crippen molar-refractivity contribution >= 4 is 11.4 Å². The zero-order valence-corrected chi connectivity index (χ0v) is 8.79. The van der Waals surface area contributed by atoms with E-state index in [2.05, 4.69) is 18.5 Å². The third-order valence-corrected chi connectivity index (χ3v) is 2.09. The van der Waals surface area contributed by atoms with Crippen molar-refractivity contribution in [3.8, 4) is 0 Å². The molecule has 0 aliphatic rings. The molecule has 0 fully saturated rings. The maximum absolute atomic E-state index is 7.72. The lowest BCUT2D eigenvalue weighted by Gasteiger charge is -2.10. The Morgan fingerprint density at radius 2 is 2.07 bits per heavy atom. The number of benzene rings is 1. The van der Waals surface area contributed by atoms with E-state index in [1.807, 2.05) is 30.3 Å². The Morgan fingerprint density at radius 3 is 2.73 bits per heavy atom. The van der Waals surface area contributed by atoms with E-state index >= 15 is 0 Å². The van der Waals surface area contributed by atoms with Crippen molar-refractivity contribution in [2.75, 3.05) is 11.9 Å². The van der Waals surface area contributed by atoms with Crippen LogP contribution in [0.3, 0.4) is 0 Å². The molecule has 15 heavy (non-hydrogen) atoms. The van der Waals surface area contributed by atoms with Gasteiger partial charge in [0, 0.05) is 17.8 Å². The van der Waals surface area contributed by atoms with Crippen LogP contribution in [0.2, 0.25) is 0 Å². The summed E-state index contributed by atoms with van der Waals surface area (Å²) in [5.74, 6) is 0. The quantitative estimate of drug-likeness (QED) is 0.413. The minimum absolute atomic E-state index is 0.441. The van der Waals surface area contributed by atoms with Gasteiger partial charge in [0.25, 0.3) is 0 Å². The smallest absolute Gasteiger partial charge is 0.0627 e. The number of nitrogens with one attached hydrogen (secondary N) is 2. The third-order valence-electron chi connectivity index (χ3n) is 2.09. The van der Waals surface area contributed by atoms with E-state index in [1.54, 1.807) is 6.08 Å². The number of hydrogen-bond acceptors (Lipinski definition) is 2. The van der Waals surface area contributed by atoms with Gasteiger partial charge in [0.15, 0.2) is 0 Å². The summed E-state index contributed by atoms with van der Waals surface area (Å²) in [5.41, 5.74) is 2.30. The van der Waals surface area contributed by atoms with Gasteiger partial charge in [0.05, 0.1) is 5.71 Å². The molecule has 0 saturated heterocycles. The van der Waals surface area contributed by atoms with Crippen LogP contribution in [0.15, 0.2) is 49.6 Å². The number of allylic oxidation sites excluding steroid dienone is 1. The van der Waals surface area contributed by atoms with Crippen LogP contribution in [0.25, 0.3) is 0 Å². The fourth-order valence-corrected chi connectivity index (χ4v) is 1.29. The molecule has 0 atom stereocenters. The molecule has 0 saturated carbocycles. The molecule has 0 spiro atoms. The predicted molar refractivity (Wildman–Crippen MR) is 66.8 cm³/mol. The second kappa shape index (κ2) is 5.81. The highest BCUT2D eigenvalue weighted by atomic mass is 14.9. The first-order chi connectivity index (χ1) is 7.29. The topological polar surface area (TPSA) is 35.9 Å². The van der Waals surface area contributed by atoms with Gasteiger partial charge < -0.3 is 10.7 Å². The van der Waals surface area contributed by atoms with E-state index in [4.69, 9.17) is 5.41 Å². The molecule has 78 valence electrons. The molecule has 0 aliphatic carbocycles. The maximum atomic E-state index is 7.72. The SMILES string of the molecule is C=CCCNc1ccccc1C(=N)C=C. The highest BCUT2D eigenvalue weighted by Crippen LogP contribution is 2.15. The Morgan fingerprint density at radius 1 is 1.33 bits per heavy atom. The average Bonchev–Trinajstić information content (AvgIpc) is 2.29. The predicted octanol–water partition coefficient (Wildman–Crippen LogP) is 3.23. The molecule has 2 nitrogen and oxygen atoms in total. The summed E-state index contributed by atoms with van der Waals surface area (Å²) in [5, 5.41) is 11.0. The van der Waals surface area contributed by atoms with Crippen molar-refractivity contribution in [3.05, 3.63) is 55.1 Å². The summed E-state index contributed by atoms with van der Waals surface area (Å²) >= 11 is 0. The molecule has 1 rings (SSSR count). The molecule has 1 aromatic rings. The zero-order chi connectivity index (χ0) is 11.1. The van der Waals surface area contributed by atoms with E-state index in [1.165, 1.54) is 0 Å². The summed E-state index contributed by atoms with van der Waals surface area (Å²) in [6, 6.07) is 7.76. The van der Waals surface area contributed by atoms with Crippen molar-refractivity contribution in [3.63, 3.8) is 0 Å². The molecule has 2 heteroatoms. The standard InChI is InChI=1S/C13H16N2/c1-3-5-10-15-13-9-7-6-8-11(13)12(14)4-2/h3-4,6-9,14-15H,1-2,5,10H2. The van der Waals surface area contributed by atoms with Gasteiger partial charge in [-0.15, -0.1) is 6.58 Å². The number of hydrogen-bond donors (Lipinski definition) is 2. The van der Waals surface area contributed by atoms with Gasteiger partial charge in [-0.05, 0) is 18.6 Å². The summed E-state index contributed by atoms with van der Waals surface area (Å²) < 4.78 is 0. The van der Waals surface area contributed by atoms with Crippen LogP contribution in [-0.4, -0.2) is 12.3 Å². The summed E-state index contributed by atoms with van der Waals surface area (Å²) in [6.45, 7) is 8.11. The fourth-order valence-electron chi connectivity index (χ4n) is 1.29. The van der Waals surface area contributed by atoms with Gasteiger partial charge in [0.2, 0.25) is 0 Å². The molecule has 0 radical (unpaired) electrons. The number of anilines is 1. The molecule has 0 heterocycles. The van der Waals surface area contributed by atoms with Crippen molar-refractivity contribution in [1.82, 2.24) is 0 Å². The van der Waals surface area contributed by atoms with Crippen LogP contribution < -0.4 is 5.32 Å². The van der Waals surface area contributed by atoms with Crippen LogP contribution in [0.1, 0.15) is 12.0 Å². The first-order valence-electron chi connectivity index (χ1n) is 4.94. The van der Waals surface area contributed by atoms with Crippen molar-refractivity contribution in [2.24, 2.45) is 0 Å². The first kappa shape index (κ1) is 11.2. The van der Waals surface area contributed by atoms with Gasteiger partial charge in [-0.25, -0.2) is 0 Å². The molecular weight excluding hydrogens is 184 g/mol. The Hall–Kier alpha value is -1.83. The lowest BCUT2D eigenvalue weighted by Crippen LogP contribution is -2.05. The van der Waals surface area contributed by atoms with Gasteiger partial charge in [0.1, 0.15) is 0 Å². The first-order valence-corrected chi connectivity index (χ1v) is 4.94. The molecule has 0 unspecified atom stereocenters. The van der Waals surface area contributed by atoms with E-state index in [-0.39, 0.29) is 0 Å². The largest absolute Gasteiger partial charge is 0.384 e. The lowest BCUT2D eigenvalue weighted by molar-refractivity contribution is 1.07. The molecule has 0 aliphatic heterocycles. The number of para-hydroxylation sites is 1. The second-order valence-electron chi connectivity index (χ2n) is 3.17. The molecular formula is C13H16N2. The maximum Gasteiger partial charge on any atom is 0.0627 e. The minimum Gasteiger partial charge on any atom is -0.384 e. The van der Waals surface area contributed by atoms with Crippen molar-refractivity contribution < 1.29 is 0 Å². The highest BCUT2D eigenvalue weighted by Gasteiger charge is 2.02. The van der Waals surface area contributed by atoms with Crippen molar-refractivity contribution in [1.29, 1.82) is 5.41 Å². The summed E-state index contributed by atoms with van der Waals surface area (Å²) in [4.78, 5) is 0. The summed E-state index contributed by atoms with van der Waals surface area (Å²) in [6.07, 6.45) is 4.33. The molecule has 1 aromatic carbocycles. The zero-order valence-electron chi connectivity index (χ0n) is 8.79. The Bertz CT molecular complexity index is 367. The van der Waals surface area contributed by atoms with E-state index in [0.29, 0.717) is 5.71 Å². The molecule has 2 N–H and O–H groups in total. The van der Waals surface area contributed by atoms with E-state index in [9.17, 15) is 0 Å². The summed E-state index contributed by atoms with van der Waals surface area (Å²) in [7, 11) is 0.